The third kappa shape index (κ3) is 28.2. The van der Waals surface area contributed by atoms with Gasteiger partial charge in [-0.3, -0.25) is 4.79 Å². The number of hydrogen-bond acceptors (Lipinski definition) is 3. The molecule has 4 nitrogen and oxygen atoms in total. The number of nitrogens with zero attached hydrogens (tertiary/aromatic N) is 1. The molecule has 0 fully saturated rings. The van der Waals surface area contributed by atoms with Crippen molar-refractivity contribution in [1.29, 1.82) is 0 Å². The summed E-state index contributed by atoms with van der Waals surface area (Å²) < 4.78 is 5.71. The quantitative estimate of drug-likeness (QED) is 0.0918. The molecule has 0 unspecified atom stereocenters. The first-order valence-corrected chi connectivity index (χ1v) is 16.8. The molecule has 0 saturated heterocycles. The van der Waals surface area contributed by atoms with Crippen LogP contribution < -0.4 is 5.73 Å². The lowest BCUT2D eigenvalue weighted by Gasteiger charge is -2.23. The maximum absolute atomic E-state index is 12.9. The fourth-order valence-corrected chi connectivity index (χ4v) is 5.07. The van der Waals surface area contributed by atoms with Crippen LogP contribution >= 0.6 is 0 Å². The molecule has 0 aliphatic rings. The number of carbonyl (C=O) groups excluding carboxylic acids is 1. The Bertz CT molecular complexity index is 444. The number of carbonyl (C=O) groups is 1. The van der Waals surface area contributed by atoms with Crippen LogP contribution in [-0.2, 0) is 9.53 Å². The van der Waals surface area contributed by atoms with E-state index in [1.165, 1.54) is 135 Å². The summed E-state index contributed by atoms with van der Waals surface area (Å²) in [5.41, 5.74) is 5.56. The fraction of sp³-hybridized carbons (Fsp3) is 0.970. The maximum Gasteiger partial charge on any atom is 0.222 e. The van der Waals surface area contributed by atoms with Gasteiger partial charge in [0.1, 0.15) is 0 Å². The first-order valence-electron chi connectivity index (χ1n) is 16.8. The second kappa shape index (κ2) is 31.6. The zero-order chi connectivity index (χ0) is 27.1. The third-order valence-electron chi connectivity index (χ3n) is 7.63. The van der Waals surface area contributed by atoms with Gasteiger partial charge < -0.3 is 15.4 Å². The van der Waals surface area contributed by atoms with Gasteiger partial charge in [-0.2, -0.15) is 0 Å². The topological polar surface area (TPSA) is 55.6 Å². The van der Waals surface area contributed by atoms with Crippen molar-refractivity contribution in [2.75, 3.05) is 32.8 Å². The molecule has 0 aliphatic carbocycles. The Morgan fingerprint density at radius 2 is 0.919 bits per heavy atom. The van der Waals surface area contributed by atoms with Crippen molar-refractivity contribution in [1.82, 2.24) is 4.90 Å². The van der Waals surface area contributed by atoms with Crippen molar-refractivity contribution in [2.24, 2.45) is 5.73 Å². The zero-order valence-corrected chi connectivity index (χ0v) is 25.6. The molecule has 2 N–H and O–H groups in total. The van der Waals surface area contributed by atoms with Crippen molar-refractivity contribution in [2.45, 2.75) is 174 Å². The van der Waals surface area contributed by atoms with E-state index in [4.69, 9.17) is 10.5 Å². The van der Waals surface area contributed by atoms with Crippen molar-refractivity contribution < 1.29 is 9.53 Å². The molecule has 0 aliphatic heterocycles. The lowest BCUT2D eigenvalue weighted by Crippen LogP contribution is -2.35. The van der Waals surface area contributed by atoms with Crippen LogP contribution in [0.25, 0.3) is 0 Å². The summed E-state index contributed by atoms with van der Waals surface area (Å²) in [4.78, 5) is 15.0. The number of ether oxygens (including phenoxy) is 1. The van der Waals surface area contributed by atoms with Gasteiger partial charge in [-0.05, 0) is 25.8 Å². The van der Waals surface area contributed by atoms with Crippen LogP contribution in [0.3, 0.4) is 0 Å². The minimum Gasteiger partial charge on any atom is -0.380 e. The fourth-order valence-electron chi connectivity index (χ4n) is 5.07. The lowest BCUT2D eigenvalue weighted by atomic mass is 10.0. The van der Waals surface area contributed by atoms with Crippen molar-refractivity contribution in [3.8, 4) is 0 Å². The van der Waals surface area contributed by atoms with E-state index >= 15 is 0 Å². The van der Waals surface area contributed by atoms with E-state index in [1.807, 2.05) is 0 Å². The van der Waals surface area contributed by atoms with E-state index in [0.29, 0.717) is 32.1 Å². The van der Waals surface area contributed by atoms with E-state index in [9.17, 15) is 4.79 Å². The Hall–Kier alpha value is -0.610. The van der Waals surface area contributed by atoms with Gasteiger partial charge in [0.15, 0.2) is 0 Å². The molecule has 1 amide bonds. The highest BCUT2D eigenvalue weighted by atomic mass is 16.5. The summed E-state index contributed by atoms with van der Waals surface area (Å²) in [6.07, 6.45) is 32.4. The number of nitrogens with two attached hydrogens (primary N) is 1. The summed E-state index contributed by atoms with van der Waals surface area (Å²) in [5.74, 6) is 0.335. The Morgan fingerprint density at radius 1 is 0.514 bits per heavy atom. The predicted molar refractivity (Wildman–Crippen MR) is 163 cm³/mol. The molecule has 4 heteroatoms. The van der Waals surface area contributed by atoms with Crippen LogP contribution in [0.5, 0.6) is 0 Å². The summed E-state index contributed by atoms with van der Waals surface area (Å²) in [7, 11) is 0. The van der Waals surface area contributed by atoms with Crippen LogP contribution in [0.4, 0.5) is 0 Å². The molecule has 0 rings (SSSR count). The number of hydrogen-bond donors (Lipinski definition) is 1. The third-order valence-corrected chi connectivity index (χ3v) is 7.63. The second-order valence-electron chi connectivity index (χ2n) is 11.3. The van der Waals surface area contributed by atoms with Gasteiger partial charge in [0.05, 0.1) is 6.61 Å². The van der Waals surface area contributed by atoms with E-state index < -0.39 is 0 Å². The van der Waals surface area contributed by atoms with Crippen molar-refractivity contribution >= 4 is 5.91 Å². The standard InChI is InChI=1S/C33H68N2O2/c1-3-5-7-9-11-13-15-17-19-21-23-25-29-35(30-32-37-31-26-28-34)33(36)27-24-22-20-18-16-14-12-10-8-6-4-2/h3-32,34H2,1-2H3. The van der Waals surface area contributed by atoms with Crippen LogP contribution in [0.15, 0.2) is 0 Å². The van der Waals surface area contributed by atoms with Gasteiger partial charge in [0.2, 0.25) is 5.91 Å². The second-order valence-corrected chi connectivity index (χ2v) is 11.3. The van der Waals surface area contributed by atoms with Crippen molar-refractivity contribution in [3.63, 3.8) is 0 Å². The Kier molecular flexibility index (Phi) is 31.1. The number of unbranched alkanes of at least 4 members (excludes halogenated alkanes) is 21. The number of rotatable bonds is 31. The van der Waals surface area contributed by atoms with Crippen molar-refractivity contribution in [3.05, 3.63) is 0 Å². The maximum atomic E-state index is 12.9. The van der Waals surface area contributed by atoms with E-state index in [0.717, 1.165) is 32.4 Å². The minimum absolute atomic E-state index is 0.335. The molecule has 0 aromatic carbocycles. The van der Waals surface area contributed by atoms with Gasteiger partial charge in [0.25, 0.3) is 0 Å². The highest BCUT2D eigenvalue weighted by molar-refractivity contribution is 5.76. The molecular formula is C33H68N2O2. The average Bonchev–Trinajstić information content (AvgIpc) is 2.90. The predicted octanol–water partition coefficient (Wildman–Crippen LogP) is 9.58. The van der Waals surface area contributed by atoms with Gasteiger partial charge in [-0.15, -0.1) is 0 Å². The van der Waals surface area contributed by atoms with Gasteiger partial charge in [0, 0.05) is 26.1 Å². The van der Waals surface area contributed by atoms with Gasteiger partial charge >= 0.3 is 0 Å². The molecule has 0 aromatic rings. The van der Waals surface area contributed by atoms with Gasteiger partial charge in [-0.25, -0.2) is 0 Å². The highest BCUT2D eigenvalue weighted by Crippen LogP contribution is 2.14. The summed E-state index contributed by atoms with van der Waals surface area (Å²) >= 11 is 0. The Labute approximate surface area is 233 Å². The molecule has 37 heavy (non-hydrogen) atoms. The molecule has 0 saturated carbocycles. The van der Waals surface area contributed by atoms with Crippen LogP contribution in [0.1, 0.15) is 174 Å². The summed E-state index contributed by atoms with van der Waals surface area (Å²) in [6.45, 7) is 8.21. The summed E-state index contributed by atoms with van der Waals surface area (Å²) in [5, 5.41) is 0. The van der Waals surface area contributed by atoms with E-state index in [2.05, 4.69) is 18.7 Å². The largest absolute Gasteiger partial charge is 0.380 e. The monoisotopic (exact) mass is 525 g/mol. The molecule has 0 bridgehead atoms. The first-order chi connectivity index (χ1) is 18.3. The van der Waals surface area contributed by atoms with Gasteiger partial charge in [-0.1, -0.05) is 149 Å². The van der Waals surface area contributed by atoms with E-state index in [-0.39, 0.29) is 0 Å². The molecular weight excluding hydrogens is 456 g/mol. The van der Waals surface area contributed by atoms with Crippen LogP contribution in [0.2, 0.25) is 0 Å². The lowest BCUT2D eigenvalue weighted by molar-refractivity contribution is -0.132. The molecule has 222 valence electrons. The first kappa shape index (κ1) is 36.4. The molecule has 0 radical (unpaired) electrons. The van der Waals surface area contributed by atoms with Crippen LogP contribution in [0, 0.1) is 0 Å². The smallest absolute Gasteiger partial charge is 0.222 e. The Morgan fingerprint density at radius 3 is 1.35 bits per heavy atom. The zero-order valence-electron chi connectivity index (χ0n) is 25.6. The highest BCUT2D eigenvalue weighted by Gasteiger charge is 2.12. The minimum atomic E-state index is 0.335. The molecule has 0 heterocycles. The SMILES string of the molecule is CCCCCCCCCCCCCCN(CCOCCCN)C(=O)CCCCCCCCCCCCC. The van der Waals surface area contributed by atoms with Crippen LogP contribution in [-0.4, -0.2) is 43.7 Å². The average molecular weight is 525 g/mol. The Balaban J connectivity index is 3.90. The normalized spacial score (nSPS) is 11.3. The number of amides is 1. The molecule has 0 aromatic heterocycles. The summed E-state index contributed by atoms with van der Waals surface area (Å²) in [6, 6.07) is 0. The van der Waals surface area contributed by atoms with E-state index in [1.54, 1.807) is 0 Å². The molecule has 0 spiro atoms. The molecule has 0 atom stereocenters.